The first-order chi connectivity index (χ1) is 9.16. The van der Waals surface area contributed by atoms with Gasteiger partial charge < -0.3 is 4.74 Å². The molecule has 0 spiro atoms. The first-order valence-corrected chi connectivity index (χ1v) is 6.07. The Morgan fingerprint density at radius 2 is 1.89 bits per heavy atom. The molecule has 98 valence electrons. The lowest BCUT2D eigenvalue weighted by molar-refractivity contribution is -0.0294. The minimum Gasteiger partial charge on any atom is -0.337 e. The van der Waals surface area contributed by atoms with E-state index in [1.54, 1.807) is 18.2 Å². The molecule has 0 amide bonds. The van der Waals surface area contributed by atoms with Crippen LogP contribution < -0.4 is 0 Å². The smallest absolute Gasteiger partial charge is 0.263 e. The van der Waals surface area contributed by atoms with E-state index >= 15 is 0 Å². The fourth-order valence-corrected chi connectivity index (χ4v) is 1.75. The van der Waals surface area contributed by atoms with Crippen molar-refractivity contribution in [3.8, 4) is 0 Å². The molecular formula is C16H15FO2. The van der Waals surface area contributed by atoms with Crippen molar-refractivity contribution in [1.29, 1.82) is 0 Å². The standard InChI is InChI=1S/C16H15FO2/c1-12-6-5-9-14(10-12)15(18)16(17)19-11-13-7-3-2-4-8-13/h2-10,16H,11H2,1H3. The lowest BCUT2D eigenvalue weighted by atomic mass is 10.1. The molecule has 19 heavy (non-hydrogen) atoms. The lowest BCUT2D eigenvalue weighted by Crippen LogP contribution is -2.19. The highest BCUT2D eigenvalue weighted by Crippen LogP contribution is 2.12. The number of carbonyl (C=O) groups excluding carboxylic acids is 1. The van der Waals surface area contributed by atoms with Crippen molar-refractivity contribution in [2.45, 2.75) is 19.9 Å². The van der Waals surface area contributed by atoms with E-state index in [1.165, 1.54) is 0 Å². The molecule has 0 bridgehead atoms. The minimum atomic E-state index is -1.93. The van der Waals surface area contributed by atoms with Gasteiger partial charge in [-0.05, 0) is 18.6 Å². The zero-order chi connectivity index (χ0) is 13.7. The average molecular weight is 258 g/mol. The molecule has 0 radical (unpaired) electrons. The van der Waals surface area contributed by atoms with Crippen LogP contribution >= 0.6 is 0 Å². The van der Waals surface area contributed by atoms with E-state index in [0.717, 1.165) is 11.1 Å². The van der Waals surface area contributed by atoms with E-state index in [2.05, 4.69) is 0 Å². The Morgan fingerprint density at radius 1 is 1.16 bits per heavy atom. The van der Waals surface area contributed by atoms with E-state index in [-0.39, 0.29) is 6.61 Å². The van der Waals surface area contributed by atoms with Crippen molar-refractivity contribution in [2.24, 2.45) is 0 Å². The number of halogens is 1. The highest BCUT2D eigenvalue weighted by atomic mass is 19.1. The maximum absolute atomic E-state index is 13.7. The number of hydrogen-bond donors (Lipinski definition) is 0. The second-order valence-electron chi connectivity index (χ2n) is 4.35. The second-order valence-corrected chi connectivity index (χ2v) is 4.35. The molecule has 1 atom stereocenters. The number of alkyl halides is 1. The number of carbonyl (C=O) groups is 1. The van der Waals surface area contributed by atoms with Crippen LogP contribution in [-0.2, 0) is 11.3 Å². The number of ether oxygens (including phenoxy) is 1. The number of benzene rings is 2. The second kappa shape index (κ2) is 6.25. The molecular weight excluding hydrogens is 243 g/mol. The van der Waals surface area contributed by atoms with Crippen LogP contribution in [-0.4, -0.2) is 12.1 Å². The fourth-order valence-electron chi connectivity index (χ4n) is 1.75. The van der Waals surface area contributed by atoms with Crippen molar-refractivity contribution < 1.29 is 13.9 Å². The Hall–Kier alpha value is -2.00. The van der Waals surface area contributed by atoms with Gasteiger partial charge in [-0.1, -0.05) is 54.1 Å². The molecule has 0 saturated heterocycles. The summed E-state index contributed by atoms with van der Waals surface area (Å²) in [7, 11) is 0. The SMILES string of the molecule is Cc1cccc(C(=O)C(F)OCc2ccccc2)c1. The maximum atomic E-state index is 13.7. The summed E-state index contributed by atoms with van der Waals surface area (Å²) in [6, 6.07) is 16.0. The van der Waals surface area contributed by atoms with Gasteiger partial charge in [-0.2, -0.15) is 0 Å². The fraction of sp³-hybridized carbons (Fsp3) is 0.188. The number of Topliss-reactive ketones (excluding diaryl/α,β-unsaturated/α-hetero) is 1. The summed E-state index contributed by atoms with van der Waals surface area (Å²) in [4.78, 5) is 11.8. The largest absolute Gasteiger partial charge is 0.337 e. The first kappa shape index (κ1) is 13.4. The van der Waals surface area contributed by atoms with Crippen LogP contribution in [0.3, 0.4) is 0 Å². The molecule has 0 fully saturated rings. The molecule has 0 heterocycles. The molecule has 0 aromatic heterocycles. The average Bonchev–Trinajstić information content (AvgIpc) is 2.45. The summed E-state index contributed by atoms with van der Waals surface area (Å²) in [6.07, 6.45) is -1.93. The molecule has 0 aliphatic carbocycles. The van der Waals surface area contributed by atoms with Crippen LogP contribution in [0.5, 0.6) is 0 Å². The molecule has 2 aromatic rings. The maximum Gasteiger partial charge on any atom is 0.263 e. The Labute approximate surface area is 111 Å². The zero-order valence-electron chi connectivity index (χ0n) is 10.7. The molecule has 0 saturated carbocycles. The monoisotopic (exact) mass is 258 g/mol. The van der Waals surface area contributed by atoms with Gasteiger partial charge in [-0.15, -0.1) is 0 Å². The van der Waals surface area contributed by atoms with Crippen LogP contribution in [0.2, 0.25) is 0 Å². The molecule has 0 aliphatic rings. The number of ketones is 1. The molecule has 2 aromatic carbocycles. The van der Waals surface area contributed by atoms with Crippen LogP contribution in [0.4, 0.5) is 4.39 Å². The van der Waals surface area contributed by atoms with Gasteiger partial charge >= 0.3 is 0 Å². The highest BCUT2D eigenvalue weighted by Gasteiger charge is 2.19. The summed E-state index contributed by atoms with van der Waals surface area (Å²) in [5.41, 5.74) is 2.09. The summed E-state index contributed by atoms with van der Waals surface area (Å²) >= 11 is 0. The Kier molecular flexibility index (Phi) is 4.42. The first-order valence-electron chi connectivity index (χ1n) is 6.07. The molecule has 3 heteroatoms. The van der Waals surface area contributed by atoms with E-state index in [1.807, 2.05) is 43.3 Å². The van der Waals surface area contributed by atoms with Crippen LogP contribution in [0, 0.1) is 6.92 Å². The topological polar surface area (TPSA) is 26.3 Å². The van der Waals surface area contributed by atoms with Crippen molar-refractivity contribution in [1.82, 2.24) is 0 Å². The van der Waals surface area contributed by atoms with E-state index in [9.17, 15) is 9.18 Å². The number of hydrogen-bond acceptors (Lipinski definition) is 2. The van der Waals surface area contributed by atoms with Gasteiger partial charge in [-0.3, -0.25) is 4.79 Å². The van der Waals surface area contributed by atoms with Crippen molar-refractivity contribution in [2.75, 3.05) is 0 Å². The van der Waals surface area contributed by atoms with Gasteiger partial charge in [0.2, 0.25) is 5.78 Å². The predicted octanol–water partition coefficient (Wildman–Crippen LogP) is 3.69. The van der Waals surface area contributed by atoms with Gasteiger partial charge in [0.05, 0.1) is 6.61 Å². The van der Waals surface area contributed by atoms with Gasteiger partial charge in [0.15, 0.2) is 0 Å². The molecule has 1 unspecified atom stereocenters. The van der Waals surface area contributed by atoms with E-state index in [0.29, 0.717) is 5.56 Å². The lowest BCUT2D eigenvalue weighted by Gasteiger charge is -2.09. The minimum absolute atomic E-state index is 0.0829. The third-order valence-corrected chi connectivity index (χ3v) is 2.75. The van der Waals surface area contributed by atoms with Crippen molar-refractivity contribution in [3.63, 3.8) is 0 Å². The van der Waals surface area contributed by atoms with Crippen LogP contribution in [0.25, 0.3) is 0 Å². The Balaban J connectivity index is 1.96. The third kappa shape index (κ3) is 3.73. The van der Waals surface area contributed by atoms with Gasteiger partial charge in [0.1, 0.15) is 0 Å². The zero-order valence-corrected chi connectivity index (χ0v) is 10.7. The summed E-state index contributed by atoms with van der Waals surface area (Å²) in [5, 5.41) is 0. The van der Waals surface area contributed by atoms with Gasteiger partial charge in [0, 0.05) is 5.56 Å². The summed E-state index contributed by atoms with van der Waals surface area (Å²) in [5.74, 6) is -0.639. The van der Waals surface area contributed by atoms with Crippen molar-refractivity contribution >= 4 is 5.78 Å². The van der Waals surface area contributed by atoms with E-state index in [4.69, 9.17) is 4.74 Å². The van der Waals surface area contributed by atoms with Crippen LogP contribution in [0.1, 0.15) is 21.5 Å². The van der Waals surface area contributed by atoms with E-state index < -0.39 is 12.1 Å². The summed E-state index contributed by atoms with van der Waals surface area (Å²) < 4.78 is 18.7. The van der Waals surface area contributed by atoms with Gasteiger partial charge in [0.25, 0.3) is 6.36 Å². The predicted molar refractivity (Wildman–Crippen MR) is 71.6 cm³/mol. The molecule has 2 rings (SSSR count). The van der Waals surface area contributed by atoms with Crippen molar-refractivity contribution in [3.05, 3.63) is 71.3 Å². The molecule has 0 aliphatic heterocycles. The Bertz CT molecular complexity index is 552. The number of rotatable bonds is 5. The highest BCUT2D eigenvalue weighted by molar-refractivity contribution is 5.98. The number of aryl methyl sites for hydroxylation is 1. The molecule has 2 nitrogen and oxygen atoms in total. The van der Waals surface area contributed by atoms with Gasteiger partial charge in [-0.25, -0.2) is 4.39 Å². The normalized spacial score (nSPS) is 12.1. The summed E-state index contributed by atoms with van der Waals surface area (Å²) in [6.45, 7) is 1.94. The molecule has 0 N–H and O–H groups in total. The Morgan fingerprint density at radius 3 is 2.58 bits per heavy atom. The third-order valence-electron chi connectivity index (χ3n) is 2.75. The van der Waals surface area contributed by atoms with Crippen LogP contribution in [0.15, 0.2) is 54.6 Å². The quantitative estimate of drug-likeness (QED) is 0.764.